The van der Waals surface area contributed by atoms with Crippen molar-refractivity contribution in [2.45, 2.75) is 24.5 Å². The van der Waals surface area contributed by atoms with Crippen molar-refractivity contribution in [2.24, 2.45) is 0 Å². The van der Waals surface area contributed by atoms with Gasteiger partial charge in [-0.1, -0.05) is 23.2 Å². The molecule has 0 aromatic heterocycles. The highest BCUT2D eigenvalue weighted by Crippen LogP contribution is 2.46. The summed E-state index contributed by atoms with van der Waals surface area (Å²) in [5.41, 5.74) is 0.379. The Hall–Kier alpha value is -0.480. The maximum atomic E-state index is 10.2. The third kappa shape index (κ3) is 1.91. The minimum Gasteiger partial charge on any atom is -0.484 e. The van der Waals surface area contributed by atoms with Crippen molar-refractivity contribution in [2.75, 3.05) is 13.1 Å². The Bertz CT molecular complexity index is 458. The van der Waals surface area contributed by atoms with E-state index in [9.17, 15) is 5.11 Å². The van der Waals surface area contributed by atoms with E-state index in [1.807, 2.05) is 0 Å². The number of ether oxygens (including phenoxy) is 1. The van der Waals surface area contributed by atoms with Crippen molar-refractivity contribution in [1.82, 2.24) is 5.32 Å². The fourth-order valence-corrected chi connectivity index (χ4v) is 3.19. The molecule has 2 unspecified atom stereocenters. The maximum absolute atomic E-state index is 10.2. The summed E-state index contributed by atoms with van der Waals surface area (Å²) in [5, 5.41) is 14.5. The second-order valence-corrected chi connectivity index (χ2v) is 5.58. The molecular weight excluding hydrogens is 261 g/mol. The Labute approximate surface area is 110 Å². The molecule has 2 aliphatic heterocycles. The smallest absolute Gasteiger partial charge is 0.144 e. The highest BCUT2D eigenvalue weighted by atomic mass is 35.5. The van der Waals surface area contributed by atoms with Crippen LogP contribution in [0.15, 0.2) is 12.1 Å². The second-order valence-electron chi connectivity index (χ2n) is 4.74. The van der Waals surface area contributed by atoms with Crippen molar-refractivity contribution < 1.29 is 9.84 Å². The van der Waals surface area contributed by atoms with Crippen LogP contribution in [0.25, 0.3) is 0 Å². The summed E-state index contributed by atoms with van der Waals surface area (Å²) in [6.45, 7) is 1.66. The molecule has 1 fully saturated rings. The number of hydrogen-bond acceptors (Lipinski definition) is 3. The van der Waals surface area contributed by atoms with E-state index in [0.717, 1.165) is 19.5 Å². The molecule has 2 aliphatic rings. The lowest BCUT2D eigenvalue weighted by molar-refractivity contribution is -0.000190. The van der Waals surface area contributed by atoms with Crippen LogP contribution in [0.3, 0.4) is 0 Å². The molecule has 5 heteroatoms. The average molecular weight is 274 g/mol. The highest BCUT2D eigenvalue weighted by Gasteiger charge is 2.43. The van der Waals surface area contributed by atoms with Gasteiger partial charge < -0.3 is 15.2 Å². The van der Waals surface area contributed by atoms with Gasteiger partial charge in [0.05, 0.1) is 11.1 Å². The largest absolute Gasteiger partial charge is 0.484 e. The Balaban J connectivity index is 2.06. The van der Waals surface area contributed by atoms with Gasteiger partial charge >= 0.3 is 0 Å². The normalized spacial score (nSPS) is 31.4. The molecule has 0 amide bonds. The van der Waals surface area contributed by atoms with Gasteiger partial charge in [0.15, 0.2) is 0 Å². The molecule has 1 saturated heterocycles. The minimum atomic E-state index is -0.560. The number of rotatable bonds is 0. The van der Waals surface area contributed by atoms with Gasteiger partial charge in [-0.2, -0.15) is 0 Å². The second kappa shape index (κ2) is 4.02. The zero-order valence-corrected chi connectivity index (χ0v) is 10.7. The van der Waals surface area contributed by atoms with Crippen molar-refractivity contribution in [3.8, 4) is 5.75 Å². The third-order valence-electron chi connectivity index (χ3n) is 3.48. The minimum absolute atomic E-state index is 0.316. The van der Waals surface area contributed by atoms with Crippen LogP contribution in [0.2, 0.25) is 10.0 Å². The van der Waals surface area contributed by atoms with E-state index in [1.165, 1.54) is 0 Å². The maximum Gasteiger partial charge on any atom is 0.144 e. The summed E-state index contributed by atoms with van der Waals surface area (Å²) in [6, 6.07) is 3.37. The number of nitrogens with one attached hydrogen (secondary N) is 1. The van der Waals surface area contributed by atoms with Gasteiger partial charge in [0.2, 0.25) is 0 Å². The lowest BCUT2D eigenvalue weighted by Gasteiger charge is -2.38. The summed E-state index contributed by atoms with van der Waals surface area (Å²) in [6.07, 6.45) is 0.918. The third-order valence-corrected chi connectivity index (χ3v) is 3.98. The van der Waals surface area contributed by atoms with Gasteiger partial charge in [0.1, 0.15) is 11.4 Å². The number of fused-ring (bicyclic) bond motifs is 1. The molecule has 3 rings (SSSR count). The lowest BCUT2D eigenvalue weighted by atomic mass is 9.88. The SMILES string of the molecule is OC1CC2(CCNC2)Oc2c(Cl)cc(Cl)cc21. The first-order chi connectivity index (χ1) is 8.10. The molecule has 3 nitrogen and oxygen atoms in total. The zero-order chi connectivity index (χ0) is 12.0. The van der Waals surface area contributed by atoms with Crippen LogP contribution in [0.4, 0.5) is 0 Å². The van der Waals surface area contributed by atoms with E-state index < -0.39 is 6.10 Å². The quantitative estimate of drug-likeness (QED) is 0.764. The van der Waals surface area contributed by atoms with Crippen LogP contribution < -0.4 is 10.1 Å². The standard InChI is InChI=1S/C12H13Cl2NO2/c13-7-3-8-10(16)5-12(1-2-15-6-12)17-11(8)9(14)4-7/h3-4,10,15-16H,1-2,5-6H2. The highest BCUT2D eigenvalue weighted by molar-refractivity contribution is 6.35. The summed E-state index contributed by atoms with van der Waals surface area (Å²) >= 11 is 12.1. The predicted molar refractivity (Wildman–Crippen MR) is 66.9 cm³/mol. The van der Waals surface area contributed by atoms with E-state index in [0.29, 0.717) is 27.8 Å². The fraction of sp³-hybridized carbons (Fsp3) is 0.500. The molecule has 0 bridgehead atoms. The molecule has 0 aliphatic carbocycles. The van der Waals surface area contributed by atoms with Crippen molar-refractivity contribution in [3.05, 3.63) is 27.7 Å². The van der Waals surface area contributed by atoms with Gasteiger partial charge in [0.25, 0.3) is 0 Å². The van der Waals surface area contributed by atoms with Crippen LogP contribution in [0.5, 0.6) is 5.75 Å². The molecule has 1 spiro atoms. The first-order valence-corrected chi connectivity index (χ1v) is 6.42. The van der Waals surface area contributed by atoms with E-state index >= 15 is 0 Å². The van der Waals surface area contributed by atoms with Crippen molar-refractivity contribution >= 4 is 23.2 Å². The van der Waals surface area contributed by atoms with Gasteiger partial charge in [0, 0.05) is 30.0 Å². The summed E-state index contributed by atoms with van der Waals surface area (Å²) in [7, 11) is 0. The van der Waals surface area contributed by atoms with Gasteiger partial charge in [-0.25, -0.2) is 0 Å². The first kappa shape index (κ1) is 11.6. The average Bonchev–Trinajstić information content (AvgIpc) is 2.69. The predicted octanol–water partition coefficient (Wildman–Crippen LogP) is 2.54. The molecule has 2 N–H and O–H groups in total. The molecule has 1 aromatic rings. The topological polar surface area (TPSA) is 41.5 Å². The van der Waals surface area contributed by atoms with Gasteiger partial charge in [-0.15, -0.1) is 0 Å². The summed E-state index contributed by atoms with van der Waals surface area (Å²) in [5.74, 6) is 0.582. The zero-order valence-electron chi connectivity index (χ0n) is 9.17. The van der Waals surface area contributed by atoms with Crippen LogP contribution in [0.1, 0.15) is 24.5 Å². The van der Waals surface area contributed by atoms with Crippen LogP contribution >= 0.6 is 23.2 Å². The van der Waals surface area contributed by atoms with E-state index in [1.54, 1.807) is 12.1 Å². The number of benzene rings is 1. The van der Waals surface area contributed by atoms with E-state index in [-0.39, 0.29) is 5.60 Å². The monoisotopic (exact) mass is 273 g/mol. The summed E-state index contributed by atoms with van der Waals surface area (Å²) < 4.78 is 6.02. The molecular formula is C12H13Cl2NO2. The Morgan fingerprint density at radius 1 is 1.41 bits per heavy atom. The molecule has 1 aromatic carbocycles. The molecule has 17 heavy (non-hydrogen) atoms. The van der Waals surface area contributed by atoms with Crippen LogP contribution in [-0.2, 0) is 0 Å². The van der Waals surface area contributed by atoms with Crippen molar-refractivity contribution in [3.63, 3.8) is 0 Å². The fourth-order valence-electron chi connectivity index (χ4n) is 2.64. The Kier molecular flexibility index (Phi) is 2.75. The van der Waals surface area contributed by atoms with Gasteiger partial charge in [-0.05, 0) is 18.7 Å². The van der Waals surface area contributed by atoms with Crippen LogP contribution in [-0.4, -0.2) is 23.8 Å². The summed E-state index contributed by atoms with van der Waals surface area (Å²) in [4.78, 5) is 0. The number of hydrogen-bond donors (Lipinski definition) is 2. The number of aliphatic hydroxyl groups is 1. The van der Waals surface area contributed by atoms with Crippen LogP contribution in [0, 0.1) is 0 Å². The molecule has 92 valence electrons. The van der Waals surface area contributed by atoms with E-state index in [2.05, 4.69) is 5.32 Å². The molecule has 0 saturated carbocycles. The number of halogens is 2. The molecule has 2 atom stereocenters. The lowest BCUT2D eigenvalue weighted by Crippen LogP contribution is -2.43. The van der Waals surface area contributed by atoms with Gasteiger partial charge in [-0.3, -0.25) is 0 Å². The Morgan fingerprint density at radius 3 is 2.94 bits per heavy atom. The van der Waals surface area contributed by atoms with E-state index in [4.69, 9.17) is 27.9 Å². The molecule has 2 heterocycles. The first-order valence-electron chi connectivity index (χ1n) is 5.66. The molecule has 0 radical (unpaired) electrons. The van der Waals surface area contributed by atoms with Crippen molar-refractivity contribution in [1.29, 1.82) is 0 Å². The Morgan fingerprint density at radius 2 is 2.24 bits per heavy atom. The number of aliphatic hydroxyl groups excluding tert-OH is 1.